The summed E-state index contributed by atoms with van der Waals surface area (Å²) in [6, 6.07) is 15.5. The second-order valence-electron chi connectivity index (χ2n) is 4.21. The molecule has 0 spiro atoms. The van der Waals surface area contributed by atoms with Crippen LogP contribution in [0.2, 0.25) is 0 Å². The number of para-hydroxylation sites is 1. The fourth-order valence-electron chi connectivity index (χ4n) is 1.90. The molecule has 0 radical (unpaired) electrons. The third-order valence-corrected chi connectivity index (χ3v) is 2.88. The van der Waals surface area contributed by atoms with E-state index in [9.17, 15) is 4.79 Å². The van der Waals surface area contributed by atoms with E-state index in [2.05, 4.69) is 0 Å². The topological polar surface area (TPSA) is 48.7 Å². The number of fused-ring (bicyclic) bond motifs is 1. The minimum atomic E-state index is -0.153. The molecule has 0 unspecified atom stereocenters. The molecule has 100 valence electrons. The number of benzene rings is 2. The van der Waals surface area contributed by atoms with E-state index in [1.165, 1.54) is 6.07 Å². The predicted molar refractivity (Wildman–Crippen MR) is 75.6 cm³/mol. The van der Waals surface area contributed by atoms with Crippen LogP contribution in [0, 0.1) is 0 Å². The number of rotatable bonds is 3. The van der Waals surface area contributed by atoms with Crippen LogP contribution in [0.3, 0.4) is 0 Å². The van der Waals surface area contributed by atoms with E-state index in [-0.39, 0.29) is 11.4 Å². The van der Waals surface area contributed by atoms with Gasteiger partial charge in [0.15, 0.2) is 5.43 Å². The molecule has 0 saturated carbocycles. The minimum Gasteiger partial charge on any atom is -0.497 e. The second-order valence-corrected chi connectivity index (χ2v) is 4.21. The first-order valence-electron chi connectivity index (χ1n) is 6.11. The van der Waals surface area contributed by atoms with E-state index < -0.39 is 0 Å². The van der Waals surface area contributed by atoms with Crippen LogP contribution in [0.25, 0.3) is 11.0 Å². The fraction of sp³-hybridized carbons (Fsp3) is 0.0625. The molecule has 3 aromatic rings. The van der Waals surface area contributed by atoms with Crippen LogP contribution in [0.1, 0.15) is 0 Å². The highest BCUT2D eigenvalue weighted by molar-refractivity contribution is 5.78. The quantitative estimate of drug-likeness (QED) is 0.728. The number of ether oxygens (including phenoxy) is 2. The van der Waals surface area contributed by atoms with Crippen molar-refractivity contribution in [3.05, 3.63) is 64.8 Å². The van der Waals surface area contributed by atoms with Crippen LogP contribution in [0.5, 0.6) is 17.4 Å². The summed E-state index contributed by atoms with van der Waals surface area (Å²) in [5.74, 6) is 1.39. The van der Waals surface area contributed by atoms with Gasteiger partial charge in [-0.2, -0.15) is 0 Å². The van der Waals surface area contributed by atoms with Gasteiger partial charge in [-0.05, 0) is 24.3 Å². The van der Waals surface area contributed by atoms with E-state index in [4.69, 9.17) is 13.9 Å². The van der Waals surface area contributed by atoms with Gasteiger partial charge in [0, 0.05) is 6.07 Å². The molecule has 0 aliphatic heterocycles. The monoisotopic (exact) mass is 268 g/mol. The zero-order valence-electron chi connectivity index (χ0n) is 10.8. The van der Waals surface area contributed by atoms with Gasteiger partial charge in [-0.1, -0.05) is 18.2 Å². The van der Waals surface area contributed by atoms with E-state index in [0.29, 0.717) is 22.5 Å². The van der Waals surface area contributed by atoms with Gasteiger partial charge in [0.05, 0.1) is 18.6 Å². The fourth-order valence-corrected chi connectivity index (χ4v) is 1.90. The van der Waals surface area contributed by atoms with Gasteiger partial charge in [0.25, 0.3) is 5.95 Å². The highest BCUT2D eigenvalue weighted by atomic mass is 16.6. The maximum absolute atomic E-state index is 12.0. The summed E-state index contributed by atoms with van der Waals surface area (Å²) < 4.78 is 16.2. The van der Waals surface area contributed by atoms with E-state index in [0.717, 1.165) is 0 Å². The second kappa shape index (κ2) is 5.09. The summed E-state index contributed by atoms with van der Waals surface area (Å²) in [4.78, 5) is 12.0. The lowest BCUT2D eigenvalue weighted by Gasteiger charge is -2.06. The summed E-state index contributed by atoms with van der Waals surface area (Å²) >= 11 is 0. The van der Waals surface area contributed by atoms with E-state index in [1.54, 1.807) is 37.4 Å². The first kappa shape index (κ1) is 12.3. The molecule has 0 bridgehead atoms. The molecule has 0 aliphatic rings. The van der Waals surface area contributed by atoms with Gasteiger partial charge in [0.1, 0.15) is 17.1 Å². The maximum Gasteiger partial charge on any atom is 0.294 e. The molecule has 0 aliphatic carbocycles. The van der Waals surface area contributed by atoms with Crippen molar-refractivity contribution in [3.8, 4) is 17.4 Å². The smallest absolute Gasteiger partial charge is 0.294 e. The lowest BCUT2D eigenvalue weighted by molar-refractivity contribution is 0.352. The van der Waals surface area contributed by atoms with Gasteiger partial charge >= 0.3 is 0 Å². The molecule has 4 heteroatoms. The van der Waals surface area contributed by atoms with Crippen molar-refractivity contribution in [1.82, 2.24) is 0 Å². The summed E-state index contributed by atoms with van der Waals surface area (Å²) in [7, 11) is 1.56. The molecule has 4 nitrogen and oxygen atoms in total. The van der Waals surface area contributed by atoms with Crippen molar-refractivity contribution in [1.29, 1.82) is 0 Å². The normalized spacial score (nSPS) is 10.4. The van der Waals surface area contributed by atoms with E-state index >= 15 is 0 Å². The number of hydrogen-bond donors (Lipinski definition) is 0. The molecular weight excluding hydrogens is 256 g/mol. The van der Waals surface area contributed by atoms with Gasteiger partial charge in [0.2, 0.25) is 0 Å². The van der Waals surface area contributed by atoms with Crippen LogP contribution in [0.15, 0.2) is 63.8 Å². The standard InChI is InChI=1S/C16H12O4/c1-18-12-7-8-13-14(17)10-16(20-15(13)9-12)19-11-5-3-2-4-6-11/h2-10H,1H3. The Bertz CT molecular complexity index is 790. The Kier molecular flexibility index (Phi) is 3.13. The molecule has 0 fully saturated rings. The summed E-state index contributed by atoms with van der Waals surface area (Å²) in [6.07, 6.45) is 0. The number of hydrogen-bond acceptors (Lipinski definition) is 4. The van der Waals surface area contributed by atoms with Crippen LogP contribution in [-0.2, 0) is 0 Å². The van der Waals surface area contributed by atoms with Crippen LogP contribution in [0.4, 0.5) is 0 Å². The lowest BCUT2D eigenvalue weighted by atomic mass is 10.2. The van der Waals surface area contributed by atoms with E-state index in [1.807, 2.05) is 18.2 Å². The molecular formula is C16H12O4. The SMILES string of the molecule is COc1ccc2c(=O)cc(Oc3ccccc3)oc2c1. The Morgan fingerprint density at radius 3 is 2.50 bits per heavy atom. The third-order valence-electron chi connectivity index (χ3n) is 2.88. The minimum absolute atomic E-state index is 0.153. The molecule has 2 aromatic carbocycles. The summed E-state index contributed by atoms with van der Waals surface area (Å²) in [6.45, 7) is 0. The molecule has 0 saturated heterocycles. The van der Waals surface area contributed by atoms with Crippen molar-refractivity contribution in [2.24, 2.45) is 0 Å². The first-order chi connectivity index (χ1) is 9.76. The van der Waals surface area contributed by atoms with Gasteiger partial charge in [-0.3, -0.25) is 4.79 Å². The van der Waals surface area contributed by atoms with Gasteiger partial charge < -0.3 is 13.9 Å². The summed E-state index contributed by atoms with van der Waals surface area (Å²) in [5, 5.41) is 0.492. The predicted octanol–water partition coefficient (Wildman–Crippen LogP) is 3.59. The highest BCUT2D eigenvalue weighted by Crippen LogP contribution is 2.25. The highest BCUT2D eigenvalue weighted by Gasteiger charge is 2.07. The Hall–Kier alpha value is -2.75. The molecule has 0 amide bonds. The molecule has 3 rings (SSSR count). The summed E-state index contributed by atoms with van der Waals surface area (Å²) in [5.41, 5.74) is 0.280. The van der Waals surface area contributed by atoms with Gasteiger partial charge in [-0.25, -0.2) is 0 Å². The van der Waals surface area contributed by atoms with Crippen LogP contribution in [-0.4, -0.2) is 7.11 Å². The molecule has 0 N–H and O–H groups in total. The molecule has 1 aromatic heterocycles. The Morgan fingerprint density at radius 1 is 0.950 bits per heavy atom. The van der Waals surface area contributed by atoms with Gasteiger partial charge in [-0.15, -0.1) is 0 Å². The largest absolute Gasteiger partial charge is 0.497 e. The Labute approximate surface area is 115 Å². The average Bonchev–Trinajstić information content (AvgIpc) is 2.47. The average molecular weight is 268 g/mol. The maximum atomic E-state index is 12.0. The van der Waals surface area contributed by atoms with Crippen LogP contribution >= 0.6 is 0 Å². The molecule has 1 heterocycles. The third kappa shape index (κ3) is 2.36. The Balaban J connectivity index is 2.06. The van der Waals surface area contributed by atoms with Crippen LogP contribution < -0.4 is 14.9 Å². The molecule has 0 atom stereocenters. The van der Waals surface area contributed by atoms with Crippen molar-refractivity contribution >= 4 is 11.0 Å². The zero-order chi connectivity index (χ0) is 13.9. The first-order valence-corrected chi connectivity index (χ1v) is 6.11. The lowest BCUT2D eigenvalue weighted by Crippen LogP contribution is -2.00. The molecule has 20 heavy (non-hydrogen) atoms. The zero-order valence-corrected chi connectivity index (χ0v) is 10.8. The van der Waals surface area contributed by atoms with Crippen molar-refractivity contribution < 1.29 is 13.9 Å². The van der Waals surface area contributed by atoms with Crippen molar-refractivity contribution in [2.75, 3.05) is 7.11 Å². The van der Waals surface area contributed by atoms with Crippen molar-refractivity contribution in [2.45, 2.75) is 0 Å². The Morgan fingerprint density at radius 2 is 1.75 bits per heavy atom. The number of methoxy groups -OCH3 is 1. The van der Waals surface area contributed by atoms with Crippen molar-refractivity contribution in [3.63, 3.8) is 0 Å².